The third kappa shape index (κ3) is 8.02. The molecule has 126 valence electrons. The van der Waals surface area contributed by atoms with E-state index in [1.165, 1.54) is 5.56 Å². The molecule has 0 bridgehead atoms. The Hall–Kier alpha value is -1.56. The maximum absolute atomic E-state index is 9.55. The van der Waals surface area contributed by atoms with Crippen LogP contribution in [-0.2, 0) is 9.59 Å². The highest BCUT2D eigenvalue weighted by Gasteiger charge is 2.25. The summed E-state index contributed by atoms with van der Waals surface area (Å²) in [5.41, 5.74) is 1.24. The molecule has 0 saturated carbocycles. The molecule has 7 heteroatoms. The average Bonchev–Trinajstić information content (AvgIpc) is 2.45. The van der Waals surface area contributed by atoms with Crippen LogP contribution in [0.2, 0.25) is 5.02 Å². The van der Waals surface area contributed by atoms with E-state index in [0.29, 0.717) is 24.2 Å². The Bertz CT molecular complexity index is 551. The minimum absolute atomic E-state index is 0.269. The van der Waals surface area contributed by atoms with Crippen molar-refractivity contribution in [2.24, 2.45) is 0 Å². The van der Waals surface area contributed by atoms with E-state index in [1.807, 2.05) is 18.2 Å². The van der Waals surface area contributed by atoms with Gasteiger partial charge in [0.25, 0.3) is 0 Å². The zero-order chi connectivity index (χ0) is 17.4. The van der Waals surface area contributed by atoms with E-state index >= 15 is 0 Å². The summed E-state index contributed by atoms with van der Waals surface area (Å²) in [4.78, 5) is 19.1. The lowest BCUT2D eigenvalue weighted by atomic mass is 9.94. The second-order valence-corrected chi connectivity index (χ2v) is 6.31. The Labute approximate surface area is 144 Å². The number of alkyl halides is 1. The number of hydrogen-bond acceptors (Lipinski definition) is 3. The molecule has 23 heavy (non-hydrogen) atoms. The van der Waals surface area contributed by atoms with Crippen molar-refractivity contribution < 1.29 is 19.8 Å². The third-order valence-corrected chi connectivity index (χ3v) is 3.80. The summed E-state index contributed by atoms with van der Waals surface area (Å²) in [6.07, 6.45) is 3.13. The summed E-state index contributed by atoms with van der Waals surface area (Å²) in [7, 11) is 0. The lowest BCUT2D eigenvalue weighted by molar-refractivity contribution is -0.134. The normalized spacial score (nSPS) is 23.9. The lowest BCUT2D eigenvalue weighted by Gasteiger charge is -2.32. The third-order valence-electron chi connectivity index (χ3n) is 3.21. The molecule has 0 unspecified atom stereocenters. The fourth-order valence-electron chi connectivity index (χ4n) is 2.31. The molecule has 0 spiro atoms. The Morgan fingerprint density at radius 3 is 2.30 bits per heavy atom. The molecule has 1 fully saturated rings. The first-order chi connectivity index (χ1) is 10.8. The maximum atomic E-state index is 9.55. The predicted molar refractivity (Wildman–Crippen MR) is 90.1 cm³/mol. The monoisotopic (exact) mass is 359 g/mol. The largest absolute Gasteiger partial charge is 0.478 e. The summed E-state index contributed by atoms with van der Waals surface area (Å²) in [6, 6.07) is 8.82. The molecule has 1 saturated heterocycles. The number of benzene rings is 1. The van der Waals surface area contributed by atoms with Crippen molar-refractivity contribution in [3.05, 3.63) is 47.0 Å². The molecule has 1 aromatic rings. The van der Waals surface area contributed by atoms with Crippen molar-refractivity contribution in [1.29, 1.82) is 0 Å². The zero-order valence-corrected chi connectivity index (χ0v) is 14.1. The minimum Gasteiger partial charge on any atom is -0.478 e. The quantitative estimate of drug-likeness (QED) is 0.568. The average molecular weight is 360 g/mol. The standard InChI is InChI=1S/C12H15Cl2N.C4H4O4/c1-8-5-11(14)7-12(15-8)9-3-2-4-10(13)6-9;5-3(6)1-2-4(7)8/h2-4,6,8,11-12,15H,5,7H2,1H3;1-2H,(H,5,6)(H,7,8)/b;2-1+/t8-,11-,12-;/m1./s1. The van der Waals surface area contributed by atoms with Crippen LogP contribution >= 0.6 is 23.2 Å². The van der Waals surface area contributed by atoms with Gasteiger partial charge in [-0.3, -0.25) is 0 Å². The van der Waals surface area contributed by atoms with E-state index in [4.69, 9.17) is 33.4 Å². The summed E-state index contributed by atoms with van der Waals surface area (Å²) < 4.78 is 0. The van der Waals surface area contributed by atoms with Crippen LogP contribution in [0.3, 0.4) is 0 Å². The molecule has 1 aromatic carbocycles. The number of aliphatic carboxylic acids is 2. The van der Waals surface area contributed by atoms with Crippen molar-refractivity contribution in [3.63, 3.8) is 0 Å². The lowest BCUT2D eigenvalue weighted by Crippen LogP contribution is -2.39. The fraction of sp³-hybridized carbons (Fsp3) is 0.375. The van der Waals surface area contributed by atoms with Gasteiger partial charge in [-0.1, -0.05) is 23.7 Å². The number of hydrogen-bond donors (Lipinski definition) is 3. The molecular formula is C16H19Cl2NO4. The van der Waals surface area contributed by atoms with Crippen LogP contribution in [-0.4, -0.2) is 33.6 Å². The molecule has 3 atom stereocenters. The van der Waals surface area contributed by atoms with Crippen molar-refractivity contribution in [2.75, 3.05) is 0 Å². The van der Waals surface area contributed by atoms with Gasteiger partial charge in [0.05, 0.1) is 0 Å². The number of halogens is 2. The molecule has 5 nitrogen and oxygen atoms in total. The second-order valence-electron chi connectivity index (χ2n) is 5.25. The van der Waals surface area contributed by atoms with Crippen LogP contribution in [0.1, 0.15) is 31.4 Å². The molecule has 3 N–H and O–H groups in total. The first-order valence-electron chi connectivity index (χ1n) is 7.07. The Morgan fingerprint density at radius 2 is 1.83 bits per heavy atom. The maximum Gasteiger partial charge on any atom is 0.328 e. The molecule has 1 aliphatic rings. The van der Waals surface area contributed by atoms with Gasteiger partial charge in [0.2, 0.25) is 0 Å². The summed E-state index contributed by atoms with van der Waals surface area (Å²) >= 11 is 12.2. The van der Waals surface area contributed by atoms with Crippen LogP contribution in [0, 0.1) is 0 Å². The first kappa shape index (κ1) is 19.5. The first-order valence-corrected chi connectivity index (χ1v) is 7.89. The Balaban J connectivity index is 0.000000284. The van der Waals surface area contributed by atoms with E-state index in [0.717, 1.165) is 17.9 Å². The highest BCUT2D eigenvalue weighted by atomic mass is 35.5. The van der Waals surface area contributed by atoms with E-state index in [2.05, 4.69) is 18.3 Å². The highest BCUT2D eigenvalue weighted by Crippen LogP contribution is 2.29. The molecule has 0 amide bonds. The number of carbonyl (C=O) groups is 2. The molecule has 0 aromatic heterocycles. The van der Waals surface area contributed by atoms with Crippen molar-refractivity contribution in [2.45, 2.75) is 37.2 Å². The topological polar surface area (TPSA) is 86.6 Å². The molecular weight excluding hydrogens is 341 g/mol. The van der Waals surface area contributed by atoms with Crippen molar-refractivity contribution >= 4 is 35.1 Å². The van der Waals surface area contributed by atoms with E-state index in [-0.39, 0.29) is 5.38 Å². The van der Waals surface area contributed by atoms with Crippen molar-refractivity contribution in [3.8, 4) is 0 Å². The van der Waals surface area contributed by atoms with Crippen LogP contribution in [0.4, 0.5) is 0 Å². The SMILES string of the molecule is C[C@@H]1C[C@@H](Cl)C[C@H](c2cccc(Cl)c2)N1.O=C(O)/C=C/C(=O)O. The summed E-state index contributed by atoms with van der Waals surface area (Å²) in [5, 5.41) is 20.2. The van der Waals surface area contributed by atoms with Gasteiger partial charge in [0, 0.05) is 34.6 Å². The zero-order valence-electron chi connectivity index (χ0n) is 12.6. The number of carboxylic acids is 2. The Morgan fingerprint density at radius 1 is 1.22 bits per heavy atom. The van der Waals surface area contributed by atoms with Gasteiger partial charge in [-0.25, -0.2) is 9.59 Å². The molecule has 0 radical (unpaired) electrons. The van der Waals surface area contributed by atoms with Gasteiger partial charge in [-0.2, -0.15) is 0 Å². The number of rotatable bonds is 3. The van der Waals surface area contributed by atoms with Crippen LogP contribution in [0.25, 0.3) is 0 Å². The smallest absolute Gasteiger partial charge is 0.328 e. The highest BCUT2D eigenvalue weighted by molar-refractivity contribution is 6.30. The molecule has 0 aliphatic carbocycles. The number of carboxylic acid groups (broad SMARTS) is 2. The van der Waals surface area contributed by atoms with Gasteiger partial charge in [0.1, 0.15) is 0 Å². The van der Waals surface area contributed by atoms with Crippen LogP contribution < -0.4 is 5.32 Å². The fourth-order valence-corrected chi connectivity index (χ4v) is 2.96. The number of piperidine rings is 1. The van der Waals surface area contributed by atoms with E-state index < -0.39 is 11.9 Å². The van der Waals surface area contributed by atoms with Crippen LogP contribution in [0.15, 0.2) is 36.4 Å². The summed E-state index contributed by atoms with van der Waals surface area (Å²) in [6.45, 7) is 2.17. The molecule has 2 rings (SSSR count). The summed E-state index contributed by atoms with van der Waals surface area (Å²) in [5.74, 6) is -2.51. The predicted octanol–water partition coefficient (Wildman–Crippen LogP) is 3.47. The van der Waals surface area contributed by atoms with Gasteiger partial charge in [-0.05, 0) is 37.5 Å². The van der Waals surface area contributed by atoms with Gasteiger partial charge in [0.15, 0.2) is 0 Å². The number of nitrogens with one attached hydrogen (secondary N) is 1. The second kappa shape index (κ2) is 9.55. The molecule has 1 aliphatic heterocycles. The van der Waals surface area contributed by atoms with Crippen LogP contribution in [0.5, 0.6) is 0 Å². The van der Waals surface area contributed by atoms with E-state index in [9.17, 15) is 9.59 Å². The molecule has 1 heterocycles. The minimum atomic E-state index is -1.26. The van der Waals surface area contributed by atoms with E-state index in [1.54, 1.807) is 0 Å². The van der Waals surface area contributed by atoms with Gasteiger partial charge < -0.3 is 15.5 Å². The van der Waals surface area contributed by atoms with Crippen molar-refractivity contribution in [1.82, 2.24) is 5.32 Å². The van der Waals surface area contributed by atoms with Gasteiger partial charge in [-0.15, -0.1) is 11.6 Å². The Kier molecular flexibility index (Phi) is 8.09. The van der Waals surface area contributed by atoms with Gasteiger partial charge >= 0.3 is 11.9 Å².